The predicted octanol–water partition coefficient (Wildman–Crippen LogP) is 1.62. The summed E-state index contributed by atoms with van der Waals surface area (Å²) in [6.07, 6.45) is 6.36. The Morgan fingerprint density at radius 3 is 2.62 bits per heavy atom. The van der Waals surface area contributed by atoms with Crippen molar-refractivity contribution in [2.24, 2.45) is 10.9 Å². The molecular weight excluding hydrogens is 443 g/mol. The van der Waals surface area contributed by atoms with Gasteiger partial charge in [0.05, 0.1) is 25.3 Å². The minimum Gasteiger partial charge on any atom is -0.472 e. The van der Waals surface area contributed by atoms with Crippen LogP contribution in [0.5, 0.6) is 0 Å². The second kappa shape index (κ2) is 10.2. The number of guanidine groups is 1. The van der Waals surface area contributed by atoms with Crippen LogP contribution in [0.15, 0.2) is 28.0 Å². The van der Waals surface area contributed by atoms with Crippen LogP contribution in [0.2, 0.25) is 0 Å². The van der Waals surface area contributed by atoms with Crippen molar-refractivity contribution < 1.29 is 12.8 Å². The molecule has 0 bridgehead atoms. The van der Waals surface area contributed by atoms with Gasteiger partial charge in [-0.05, 0) is 31.7 Å². The zero-order valence-corrected chi connectivity index (χ0v) is 17.3. The number of halogens is 1. The molecule has 0 saturated carbocycles. The molecule has 138 valence electrons. The van der Waals surface area contributed by atoms with E-state index in [1.165, 1.54) is 6.26 Å². The van der Waals surface area contributed by atoms with Crippen molar-refractivity contribution in [1.29, 1.82) is 0 Å². The van der Waals surface area contributed by atoms with Gasteiger partial charge in [0.2, 0.25) is 10.0 Å². The minimum atomic E-state index is -3.05. The quantitative estimate of drug-likeness (QED) is 0.375. The first-order chi connectivity index (χ1) is 11.0. The highest BCUT2D eigenvalue weighted by molar-refractivity contribution is 14.0. The molecule has 0 aromatic carbocycles. The van der Waals surface area contributed by atoms with Crippen molar-refractivity contribution >= 4 is 40.0 Å². The maximum atomic E-state index is 11.5. The first kappa shape index (κ1) is 21.2. The predicted molar refractivity (Wildman–Crippen MR) is 106 cm³/mol. The molecule has 1 fully saturated rings. The molecule has 1 aromatic heterocycles. The number of piperidine rings is 1. The fourth-order valence-electron chi connectivity index (χ4n) is 2.58. The number of nitrogens with zero attached hydrogens (tertiary/aromatic N) is 2. The van der Waals surface area contributed by atoms with Crippen LogP contribution < -0.4 is 10.6 Å². The van der Waals surface area contributed by atoms with E-state index in [0.717, 1.165) is 37.5 Å². The molecule has 0 unspecified atom stereocenters. The number of rotatable bonds is 6. The molecule has 7 nitrogen and oxygen atoms in total. The van der Waals surface area contributed by atoms with Gasteiger partial charge in [0, 0.05) is 31.7 Å². The average molecular weight is 470 g/mol. The van der Waals surface area contributed by atoms with E-state index in [-0.39, 0.29) is 24.0 Å². The molecule has 1 saturated heterocycles. The third kappa shape index (κ3) is 6.98. The van der Waals surface area contributed by atoms with Crippen molar-refractivity contribution in [2.45, 2.75) is 26.3 Å². The zero-order chi connectivity index (χ0) is 16.7. The van der Waals surface area contributed by atoms with Gasteiger partial charge in [-0.25, -0.2) is 17.7 Å². The third-order valence-corrected chi connectivity index (χ3v) is 5.25. The van der Waals surface area contributed by atoms with Gasteiger partial charge in [-0.1, -0.05) is 0 Å². The van der Waals surface area contributed by atoms with Crippen molar-refractivity contribution in [3.8, 4) is 0 Å². The van der Waals surface area contributed by atoms with Gasteiger partial charge in [-0.3, -0.25) is 0 Å². The van der Waals surface area contributed by atoms with E-state index in [1.807, 2.05) is 13.0 Å². The van der Waals surface area contributed by atoms with Crippen LogP contribution in [-0.2, 0) is 16.6 Å². The second-order valence-corrected chi connectivity index (χ2v) is 7.80. The minimum absolute atomic E-state index is 0. The lowest BCUT2D eigenvalue weighted by molar-refractivity contribution is 0.275. The Balaban J connectivity index is 0.00000288. The van der Waals surface area contributed by atoms with E-state index in [1.54, 1.807) is 16.8 Å². The van der Waals surface area contributed by atoms with E-state index in [2.05, 4.69) is 15.6 Å². The number of aliphatic imine (C=N–C) groups is 1. The van der Waals surface area contributed by atoms with Gasteiger partial charge >= 0.3 is 0 Å². The van der Waals surface area contributed by atoms with Gasteiger partial charge in [0.1, 0.15) is 0 Å². The molecule has 24 heavy (non-hydrogen) atoms. The molecule has 0 radical (unpaired) electrons. The van der Waals surface area contributed by atoms with E-state index in [9.17, 15) is 8.42 Å². The lowest BCUT2D eigenvalue weighted by Crippen LogP contribution is -2.44. The maximum Gasteiger partial charge on any atom is 0.211 e. The maximum absolute atomic E-state index is 11.5. The topological polar surface area (TPSA) is 86.9 Å². The van der Waals surface area contributed by atoms with Crippen LogP contribution >= 0.6 is 24.0 Å². The normalized spacial score (nSPS) is 17.3. The molecule has 2 rings (SSSR count). The Morgan fingerprint density at radius 1 is 1.38 bits per heavy atom. The van der Waals surface area contributed by atoms with Crippen LogP contribution in [-0.4, -0.2) is 51.1 Å². The summed E-state index contributed by atoms with van der Waals surface area (Å²) in [7, 11) is -3.05. The van der Waals surface area contributed by atoms with Crippen LogP contribution in [0.25, 0.3) is 0 Å². The molecule has 1 aliphatic rings. The molecule has 1 aromatic rings. The molecular formula is C15H27IN4O3S. The van der Waals surface area contributed by atoms with Crippen LogP contribution in [0.4, 0.5) is 0 Å². The fourth-order valence-corrected chi connectivity index (χ4v) is 3.45. The molecule has 0 aliphatic carbocycles. The van der Waals surface area contributed by atoms with E-state index < -0.39 is 10.0 Å². The summed E-state index contributed by atoms with van der Waals surface area (Å²) < 4.78 is 29.6. The van der Waals surface area contributed by atoms with Crippen molar-refractivity contribution in [2.75, 3.05) is 32.4 Å². The summed E-state index contributed by atoms with van der Waals surface area (Å²) >= 11 is 0. The molecule has 2 N–H and O–H groups in total. The Labute approximate surface area is 161 Å². The lowest BCUT2D eigenvalue weighted by atomic mass is 9.98. The van der Waals surface area contributed by atoms with Gasteiger partial charge in [-0.2, -0.15) is 0 Å². The fraction of sp³-hybridized carbons (Fsp3) is 0.667. The Bertz CT molecular complexity index is 596. The highest BCUT2D eigenvalue weighted by Crippen LogP contribution is 2.18. The van der Waals surface area contributed by atoms with Crippen LogP contribution in [0.1, 0.15) is 25.3 Å². The van der Waals surface area contributed by atoms with Crippen LogP contribution in [0, 0.1) is 5.92 Å². The lowest BCUT2D eigenvalue weighted by Gasteiger charge is -2.30. The summed E-state index contributed by atoms with van der Waals surface area (Å²) in [6.45, 7) is 5.40. The van der Waals surface area contributed by atoms with Gasteiger partial charge < -0.3 is 15.1 Å². The monoisotopic (exact) mass is 470 g/mol. The number of sulfonamides is 1. The Hall–Kier alpha value is -0.810. The Morgan fingerprint density at radius 2 is 2.08 bits per heavy atom. The van der Waals surface area contributed by atoms with Crippen molar-refractivity contribution in [1.82, 2.24) is 14.9 Å². The standard InChI is InChI=1S/C15H26N4O3S.HI/c1-3-16-15(18-11-14-6-9-22-12-14)17-10-13-4-7-19(8-5-13)23(2,20)21;/h6,9,12-13H,3-5,7-8,10-11H2,1-2H3,(H2,16,17,18);1H. The summed E-state index contributed by atoms with van der Waals surface area (Å²) in [6, 6.07) is 1.90. The summed E-state index contributed by atoms with van der Waals surface area (Å²) in [5.74, 6) is 1.24. The number of nitrogens with one attached hydrogen (secondary N) is 2. The summed E-state index contributed by atoms with van der Waals surface area (Å²) in [5.41, 5.74) is 1.03. The number of hydrogen-bond donors (Lipinski definition) is 2. The van der Waals surface area contributed by atoms with Crippen molar-refractivity contribution in [3.05, 3.63) is 24.2 Å². The zero-order valence-electron chi connectivity index (χ0n) is 14.2. The van der Waals surface area contributed by atoms with Gasteiger partial charge in [0.25, 0.3) is 0 Å². The SMILES string of the molecule is CCNC(=NCc1ccoc1)NCC1CCN(S(C)(=O)=O)CC1.I. The van der Waals surface area contributed by atoms with Crippen LogP contribution in [0.3, 0.4) is 0 Å². The second-order valence-electron chi connectivity index (χ2n) is 5.81. The molecule has 0 atom stereocenters. The summed E-state index contributed by atoms with van der Waals surface area (Å²) in [4.78, 5) is 4.52. The Kier molecular flexibility index (Phi) is 9.06. The van der Waals surface area contributed by atoms with Crippen molar-refractivity contribution in [3.63, 3.8) is 0 Å². The molecule has 0 amide bonds. The van der Waals surface area contributed by atoms with E-state index in [4.69, 9.17) is 4.42 Å². The van der Waals surface area contributed by atoms with E-state index in [0.29, 0.717) is 25.6 Å². The molecule has 0 spiro atoms. The molecule has 9 heteroatoms. The number of furan rings is 1. The highest BCUT2D eigenvalue weighted by Gasteiger charge is 2.24. The third-order valence-electron chi connectivity index (χ3n) is 3.94. The average Bonchev–Trinajstić information content (AvgIpc) is 3.03. The molecule has 1 aliphatic heterocycles. The van der Waals surface area contributed by atoms with E-state index >= 15 is 0 Å². The summed E-state index contributed by atoms with van der Waals surface area (Å²) in [5, 5.41) is 6.57. The van der Waals surface area contributed by atoms with Gasteiger partial charge in [0.15, 0.2) is 5.96 Å². The number of hydrogen-bond acceptors (Lipinski definition) is 4. The smallest absolute Gasteiger partial charge is 0.211 e. The molecule has 2 heterocycles. The largest absolute Gasteiger partial charge is 0.472 e. The van der Waals surface area contributed by atoms with Gasteiger partial charge in [-0.15, -0.1) is 24.0 Å². The first-order valence-electron chi connectivity index (χ1n) is 7.97. The highest BCUT2D eigenvalue weighted by atomic mass is 127. The first-order valence-corrected chi connectivity index (χ1v) is 9.82.